The third-order valence-electron chi connectivity index (χ3n) is 2.81. The van der Waals surface area contributed by atoms with Crippen molar-refractivity contribution in [2.75, 3.05) is 13.1 Å². The van der Waals surface area contributed by atoms with Crippen molar-refractivity contribution in [3.05, 3.63) is 34.0 Å². The SMILES string of the molecule is CCCNCCCc1nnc(-c2c(F)cccc2Cl)s1. The van der Waals surface area contributed by atoms with Crippen molar-refractivity contribution in [2.45, 2.75) is 26.2 Å². The molecule has 3 nitrogen and oxygen atoms in total. The molecule has 0 unspecified atom stereocenters. The summed E-state index contributed by atoms with van der Waals surface area (Å²) in [5, 5.41) is 13.3. The fourth-order valence-corrected chi connectivity index (χ4v) is 3.08. The number of nitrogens with zero attached hydrogens (tertiary/aromatic N) is 2. The highest BCUT2D eigenvalue weighted by Crippen LogP contribution is 2.32. The molecule has 0 atom stereocenters. The fourth-order valence-electron chi connectivity index (χ4n) is 1.82. The highest BCUT2D eigenvalue weighted by Gasteiger charge is 2.14. The quantitative estimate of drug-likeness (QED) is 0.787. The third kappa shape index (κ3) is 3.98. The molecule has 1 aromatic heterocycles. The van der Waals surface area contributed by atoms with Gasteiger partial charge in [-0.1, -0.05) is 35.9 Å². The van der Waals surface area contributed by atoms with E-state index in [1.165, 1.54) is 17.4 Å². The summed E-state index contributed by atoms with van der Waals surface area (Å²) in [7, 11) is 0. The Morgan fingerprint density at radius 2 is 2.15 bits per heavy atom. The summed E-state index contributed by atoms with van der Waals surface area (Å²) in [6.45, 7) is 4.14. The maximum atomic E-state index is 13.8. The van der Waals surface area contributed by atoms with E-state index in [2.05, 4.69) is 22.4 Å². The largest absolute Gasteiger partial charge is 0.317 e. The molecule has 2 aromatic rings. The Balaban J connectivity index is 1.98. The molecule has 6 heteroatoms. The monoisotopic (exact) mass is 313 g/mol. The van der Waals surface area contributed by atoms with Gasteiger partial charge in [-0.2, -0.15) is 0 Å². The molecule has 2 rings (SSSR count). The van der Waals surface area contributed by atoms with E-state index in [1.807, 2.05) is 0 Å². The van der Waals surface area contributed by atoms with Crippen molar-refractivity contribution in [2.24, 2.45) is 0 Å². The summed E-state index contributed by atoms with van der Waals surface area (Å²) in [6.07, 6.45) is 2.98. The molecular formula is C14H17ClFN3S. The Hall–Kier alpha value is -1.04. The van der Waals surface area contributed by atoms with Gasteiger partial charge >= 0.3 is 0 Å². The predicted molar refractivity (Wildman–Crippen MR) is 81.8 cm³/mol. The summed E-state index contributed by atoms with van der Waals surface area (Å²) in [4.78, 5) is 0. The number of nitrogens with one attached hydrogen (secondary N) is 1. The van der Waals surface area contributed by atoms with Gasteiger partial charge in [0.25, 0.3) is 0 Å². The first-order valence-electron chi connectivity index (χ1n) is 6.70. The number of aryl methyl sites for hydroxylation is 1. The van der Waals surface area contributed by atoms with Crippen LogP contribution in [-0.2, 0) is 6.42 Å². The third-order valence-corrected chi connectivity index (χ3v) is 4.13. The lowest BCUT2D eigenvalue weighted by atomic mass is 10.2. The highest BCUT2D eigenvalue weighted by atomic mass is 35.5. The number of aromatic nitrogens is 2. The van der Waals surface area contributed by atoms with E-state index in [0.717, 1.165) is 37.4 Å². The molecule has 0 saturated carbocycles. The highest BCUT2D eigenvalue weighted by molar-refractivity contribution is 7.14. The molecule has 0 aliphatic carbocycles. The first-order valence-corrected chi connectivity index (χ1v) is 7.89. The lowest BCUT2D eigenvalue weighted by Crippen LogP contribution is -2.16. The maximum absolute atomic E-state index is 13.8. The van der Waals surface area contributed by atoms with Gasteiger partial charge < -0.3 is 5.32 Å². The van der Waals surface area contributed by atoms with Crippen LogP contribution in [0, 0.1) is 5.82 Å². The summed E-state index contributed by atoms with van der Waals surface area (Å²) in [5.74, 6) is -0.357. The van der Waals surface area contributed by atoms with Gasteiger partial charge in [0.2, 0.25) is 0 Å². The molecule has 108 valence electrons. The molecule has 1 aromatic carbocycles. The molecule has 1 heterocycles. The Morgan fingerprint density at radius 1 is 1.30 bits per heavy atom. The summed E-state index contributed by atoms with van der Waals surface area (Å²) >= 11 is 7.43. The Morgan fingerprint density at radius 3 is 2.90 bits per heavy atom. The number of halogens is 2. The van der Waals surface area contributed by atoms with Crippen molar-refractivity contribution in [1.82, 2.24) is 15.5 Å². The topological polar surface area (TPSA) is 37.8 Å². The van der Waals surface area contributed by atoms with Crippen LogP contribution < -0.4 is 5.32 Å². The van der Waals surface area contributed by atoms with E-state index in [-0.39, 0.29) is 5.82 Å². The Kier molecular flexibility index (Phi) is 5.88. The second kappa shape index (κ2) is 7.67. The number of hydrogen-bond acceptors (Lipinski definition) is 4. The minimum atomic E-state index is -0.357. The van der Waals surface area contributed by atoms with Crippen LogP contribution in [0.3, 0.4) is 0 Å². The van der Waals surface area contributed by atoms with E-state index in [0.29, 0.717) is 15.6 Å². The van der Waals surface area contributed by atoms with Gasteiger partial charge in [-0.05, 0) is 38.1 Å². The zero-order valence-corrected chi connectivity index (χ0v) is 12.9. The van der Waals surface area contributed by atoms with Crippen molar-refractivity contribution < 1.29 is 4.39 Å². The molecule has 0 bridgehead atoms. The zero-order valence-electron chi connectivity index (χ0n) is 11.3. The normalized spacial score (nSPS) is 10.9. The molecule has 0 radical (unpaired) electrons. The van der Waals surface area contributed by atoms with E-state index in [1.54, 1.807) is 12.1 Å². The first-order chi connectivity index (χ1) is 9.72. The smallest absolute Gasteiger partial charge is 0.152 e. The van der Waals surface area contributed by atoms with Crippen molar-refractivity contribution in [3.8, 4) is 10.6 Å². The van der Waals surface area contributed by atoms with Gasteiger partial charge in [0.1, 0.15) is 10.8 Å². The van der Waals surface area contributed by atoms with Crippen LogP contribution in [-0.4, -0.2) is 23.3 Å². The molecule has 0 fully saturated rings. The molecule has 20 heavy (non-hydrogen) atoms. The molecule has 0 aliphatic heterocycles. The summed E-state index contributed by atoms with van der Waals surface area (Å²) in [5.41, 5.74) is 0.349. The van der Waals surface area contributed by atoms with Crippen LogP contribution in [0.5, 0.6) is 0 Å². The van der Waals surface area contributed by atoms with Crippen LogP contribution in [0.2, 0.25) is 5.02 Å². The lowest BCUT2D eigenvalue weighted by molar-refractivity contribution is 0.631. The summed E-state index contributed by atoms with van der Waals surface area (Å²) < 4.78 is 13.8. The van der Waals surface area contributed by atoms with E-state index >= 15 is 0 Å². The predicted octanol–water partition coefficient (Wildman–Crippen LogP) is 3.93. The Labute approximate surface area is 127 Å². The number of benzene rings is 1. The second-order valence-electron chi connectivity index (χ2n) is 4.45. The van der Waals surface area contributed by atoms with Crippen LogP contribution in [0.15, 0.2) is 18.2 Å². The molecule has 0 spiro atoms. The van der Waals surface area contributed by atoms with Crippen molar-refractivity contribution in [3.63, 3.8) is 0 Å². The van der Waals surface area contributed by atoms with Gasteiger partial charge in [-0.15, -0.1) is 10.2 Å². The lowest BCUT2D eigenvalue weighted by Gasteiger charge is -2.01. The van der Waals surface area contributed by atoms with Gasteiger partial charge in [-0.3, -0.25) is 0 Å². The van der Waals surface area contributed by atoms with Crippen molar-refractivity contribution in [1.29, 1.82) is 0 Å². The van der Waals surface area contributed by atoms with Gasteiger partial charge in [-0.25, -0.2) is 4.39 Å². The van der Waals surface area contributed by atoms with Gasteiger partial charge in [0.15, 0.2) is 5.01 Å². The van der Waals surface area contributed by atoms with Gasteiger partial charge in [0.05, 0.1) is 10.6 Å². The minimum Gasteiger partial charge on any atom is -0.317 e. The van der Waals surface area contributed by atoms with E-state index < -0.39 is 0 Å². The second-order valence-corrected chi connectivity index (χ2v) is 5.92. The summed E-state index contributed by atoms with van der Waals surface area (Å²) in [6, 6.07) is 4.63. The average Bonchev–Trinajstić information content (AvgIpc) is 2.87. The standard InChI is InChI=1S/C14H17ClFN3S/c1-2-8-17-9-4-7-12-18-19-14(20-12)13-10(15)5-3-6-11(13)16/h3,5-6,17H,2,4,7-9H2,1H3. The molecule has 1 N–H and O–H groups in total. The van der Waals surface area contributed by atoms with Gasteiger partial charge in [0, 0.05) is 6.42 Å². The van der Waals surface area contributed by atoms with Crippen LogP contribution in [0.1, 0.15) is 24.8 Å². The van der Waals surface area contributed by atoms with E-state index in [4.69, 9.17) is 11.6 Å². The Bertz CT molecular complexity index is 539. The van der Waals surface area contributed by atoms with E-state index in [9.17, 15) is 4.39 Å². The van der Waals surface area contributed by atoms with Crippen LogP contribution in [0.4, 0.5) is 4.39 Å². The molecule has 0 saturated heterocycles. The van der Waals surface area contributed by atoms with Crippen molar-refractivity contribution >= 4 is 22.9 Å². The average molecular weight is 314 g/mol. The molecule has 0 aliphatic rings. The number of hydrogen-bond donors (Lipinski definition) is 1. The molecule has 0 amide bonds. The maximum Gasteiger partial charge on any atom is 0.152 e. The zero-order chi connectivity index (χ0) is 14.4. The van der Waals surface area contributed by atoms with Crippen LogP contribution in [0.25, 0.3) is 10.6 Å². The molecular weight excluding hydrogens is 297 g/mol. The number of rotatable bonds is 7. The minimum absolute atomic E-state index is 0.349. The fraction of sp³-hybridized carbons (Fsp3) is 0.429. The van der Waals surface area contributed by atoms with Crippen LogP contribution >= 0.6 is 22.9 Å². The first kappa shape index (κ1) is 15.4.